The zero-order valence-corrected chi connectivity index (χ0v) is 19.2. The number of aromatic hydroxyl groups is 1. The zero-order chi connectivity index (χ0) is 21.3. The normalized spacial score (nSPS) is 19.3. The van der Waals surface area contributed by atoms with Gasteiger partial charge in [-0.15, -0.1) is 0 Å². The summed E-state index contributed by atoms with van der Waals surface area (Å²) >= 11 is 0. The zero-order valence-electron chi connectivity index (χ0n) is 19.2. The number of benzene rings is 2. The van der Waals surface area contributed by atoms with Crippen LogP contribution in [0.15, 0.2) is 42.5 Å². The summed E-state index contributed by atoms with van der Waals surface area (Å²) in [6.45, 7) is 6.57. The molecule has 0 saturated heterocycles. The molecule has 30 heavy (non-hydrogen) atoms. The molecule has 3 rings (SSSR count). The molecule has 0 fully saturated rings. The highest BCUT2D eigenvalue weighted by Gasteiger charge is 2.31. The number of phenols is 1. The Morgan fingerprint density at radius 1 is 1.03 bits per heavy atom. The second-order valence-corrected chi connectivity index (χ2v) is 9.19. The molecule has 2 aromatic rings. The average Bonchev–Trinajstić information content (AvgIpc) is 2.77. The van der Waals surface area contributed by atoms with Gasteiger partial charge in [0.2, 0.25) is 0 Å². The van der Waals surface area contributed by atoms with E-state index in [9.17, 15) is 5.11 Å². The fraction of sp³-hybridized carbons (Fsp3) is 0.571. The Morgan fingerprint density at radius 2 is 1.83 bits per heavy atom. The van der Waals surface area contributed by atoms with Gasteiger partial charge in [0, 0.05) is 5.92 Å². The van der Waals surface area contributed by atoms with Crippen molar-refractivity contribution < 1.29 is 9.84 Å². The Labute approximate surface area is 183 Å². The topological polar surface area (TPSA) is 29.5 Å². The maximum atomic E-state index is 9.87. The van der Waals surface area contributed by atoms with Gasteiger partial charge in [0.25, 0.3) is 0 Å². The van der Waals surface area contributed by atoms with Crippen LogP contribution >= 0.6 is 0 Å². The van der Waals surface area contributed by atoms with Crippen LogP contribution in [0, 0.1) is 18.8 Å². The molecule has 3 atom stereocenters. The van der Waals surface area contributed by atoms with E-state index >= 15 is 0 Å². The van der Waals surface area contributed by atoms with Gasteiger partial charge in [0.15, 0.2) is 0 Å². The predicted molar refractivity (Wildman–Crippen MR) is 126 cm³/mol. The van der Waals surface area contributed by atoms with Crippen LogP contribution in [0.1, 0.15) is 94.4 Å². The molecule has 0 bridgehead atoms. The van der Waals surface area contributed by atoms with E-state index in [0.29, 0.717) is 11.7 Å². The molecule has 2 heteroatoms. The quantitative estimate of drug-likeness (QED) is 0.380. The summed E-state index contributed by atoms with van der Waals surface area (Å²) in [5.41, 5.74) is 3.65. The number of rotatable bonds is 11. The smallest absolute Gasteiger partial charge is 0.127 e. The first kappa shape index (κ1) is 22.7. The second kappa shape index (κ2) is 11.4. The highest BCUT2D eigenvalue weighted by Crippen LogP contribution is 2.41. The Hall–Kier alpha value is -1.96. The summed E-state index contributed by atoms with van der Waals surface area (Å²) < 4.78 is 6.57. The van der Waals surface area contributed by atoms with Crippen molar-refractivity contribution in [3.8, 4) is 11.5 Å². The van der Waals surface area contributed by atoms with Crippen LogP contribution < -0.4 is 4.74 Å². The number of hydrogen-bond donors (Lipinski definition) is 1. The highest BCUT2D eigenvalue weighted by atomic mass is 16.5. The Bertz CT molecular complexity index is 782. The van der Waals surface area contributed by atoms with Gasteiger partial charge in [-0.1, -0.05) is 83.1 Å². The molecule has 0 amide bonds. The van der Waals surface area contributed by atoms with Crippen LogP contribution in [-0.4, -0.2) is 5.11 Å². The lowest BCUT2D eigenvalue weighted by Gasteiger charge is -2.34. The van der Waals surface area contributed by atoms with E-state index in [1.165, 1.54) is 68.9 Å². The number of phenolic OH excluding ortho intramolecular Hbond substituents is 1. The summed E-state index contributed by atoms with van der Waals surface area (Å²) in [5.74, 6) is 2.66. The van der Waals surface area contributed by atoms with Crippen LogP contribution in [0.2, 0.25) is 0 Å². The van der Waals surface area contributed by atoms with Crippen molar-refractivity contribution in [3.63, 3.8) is 0 Å². The minimum atomic E-state index is 0.112. The van der Waals surface area contributed by atoms with Crippen molar-refractivity contribution in [2.45, 2.75) is 91.1 Å². The Balaban J connectivity index is 1.64. The van der Waals surface area contributed by atoms with Gasteiger partial charge in [0.1, 0.15) is 17.6 Å². The molecule has 0 aromatic heterocycles. The van der Waals surface area contributed by atoms with Crippen molar-refractivity contribution in [2.24, 2.45) is 11.8 Å². The summed E-state index contributed by atoms with van der Waals surface area (Å²) in [5, 5.41) is 9.87. The average molecular weight is 409 g/mol. The maximum Gasteiger partial charge on any atom is 0.127 e. The molecule has 2 nitrogen and oxygen atoms in total. The van der Waals surface area contributed by atoms with Crippen molar-refractivity contribution in [2.75, 3.05) is 0 Å². The number of fused-ring (bicyclic) bond motifs is 1. The molecular formula is C28H40O2. The van der Waals surface area contributed by atoms with E-state index in [1.54, 1.807) is 6.07 Å². The third-order valence-corrected chi connectivity index (χ3v) is 6.99. The molecule has 1 N–H and O–H groups in total. The highest BCUT2D eigenvalue weighted by molar-refractivity contribution is 5.39. The summed E-state index contributed by atoms with van der Waals surface area (Å²) in [7, 11) is 0. The van der Waals surface area contributed by atoms with Gasteiger partial charge >= 0.3 is 0 Å². The Morgan fingerprint density at radius 3 is 2.60 bits per heavy atom. The fourth-order valence-corrected chi connectivity index (χ4v) is 4.97. The number of unbranched alkanes of at least 4 members (excludes halogenated alkanes) is 2. The third-order valence-electron chi connectivity index (χ3n) is 6.99. The van der Waals surface area contributed by atoms with Gasteiger partial charge in [-0.05, 0) is 67.0 Å². The molecular weight excluding hydrogens is 368 g/mol. The van der Waals surface area contributed by atoms with E-state index < -0.39 is 0 Å². The van der Waals surface area contributed by atoms with Crippen molar-refractivity contribution in [1.29, 1.82) is 0 Å². The number of aryl methyl sites for hydroxylation is 2. The van der Waals surface area contributed by atoms with Gasteiger partial charge in [-0.2, -0.15) is 0 Å². The molecule has 0 saturated carbocycles. The van der Waals surface area contributed by atoms with Gasteiger partial charge in [-0.3, -0.25) is 0 Å². The first-order valence-electron chi connectivity index (χ1n) is 12.2. The molecule has 164 valence electrons. The lowest BCUT2D eigenvalue weighted by Crippen LogP contribution is -2.25. The summed E-state index contributed by atoms with van der Waals surface area (Å²) in [4.78, 5) is 0. The molecule has 2 aromatic carbocycles. The van der Waals surface area contributed by atoms with E-state index in [-0.39, 0.29) is 6.10 Å². The number of ether oxygens (including phenoxy) is 1. The maximum absolute atomic E-state index is 9.87. The largest absolute Gasteiger partial charge is 0.508 e. The SMILES string of the molecule is CCCCC(CC)CCCCC1CCc2ccccc2C1Oc1ccc(O)c(C)c1. The van der Waals surface area contributed by atoms with Crippen molar-refractivity contribution in [3.05, 3.63) is 59.2 Å². The van der Waals surface area contributed by atoms with Crippen LogP contribution in [0.25, 0.3) is 0 Å². The standard InChI is InChI=1S/C28H40O2/c1-4-6-11-22(5-2)12-7-8-14-24-17-16-23-13-9-10-15-26(23)28(24)30-25-18-19-27(29)21(3)20-25/h9-10,13,15,18-20,22,24,28-29H,4-8,11-12,14,16-17H2,1-3H3. The summed E-state index contributed by atoms with van der Waals surface area (Å²) in [6, 6.07) is 14.4. The minimum Gasteiger partial charge on any atom is -0.508 e. The van der Waals surface area contributed by atoms with Gasteiger partial charge in [-0.25, -0.2) is 0 Å². The van der Waals surface area contributed by atoms with Crippen LogP contribution in [0.5, 0.6) is 11.5 Å². The molecule has 3 unspecified atom stereocenters. The predicted octanol–water partition coefficient (Wildman–Crippen LogP) is 8.16. The van der Waals surface area contributed by atoms with E-state index in [0.717, 1.165) is 23.7 Å². The monoisotopic (exact) mass is 408 g/mol. The van der Waals surface area contributed by atoms with E-state index in [4.69, 9.17) is 4.74 Å². The van der Waals surface area contributed by atoms with Gasteiger partial charge < -0.3 is 9.84 Å². The second-order valence-electron chi connectivity index (χ2n) is 9.19. The van der Waals surface area contributed by atoms with Gasteiger partial charge in [0.05, 0.1) is 0 Å². The lowest BCUT2D eigenvalue weighted by atomic mass is 9.78. The molecule has 1 aliphatic rings. The molecule has 0 heterocycles. The van der Waals surface area contributed by atoms with Crippen LogP contribution in [0.3, 0.4) is 0 Å². The molecule has 0 aliphatic heterocycles. The molecule has 1 aliphatic carbocycles. The molecule has 0 radical (unpaired) electrons. The first-order chi connectivity index (χ1) is 14.6. The minimum absolute atomic E-state index is 0.112. The first-order valence-corrected chi connectivity index (χ1v) is 12.2. The fourth-order valence-electron chi connectivity index (χ4n) is 4.97. The van der Waals surface area contributed by atoms with Crippen molar-refractivity contribution in [1.82, 2.24) is 0 Å². The van der Waals surface area contributed by atoms with Crippen LogP contribution in [0.4, 0.5) is 0 Å². The Kier molecular flexibility index (Phi) is 8.66. The summed E-state index contributed by atoms with van der Waals surface area (Å²) in [6.07, 6.45) is 13.1. The van der Waals surface area contributed by atoms with Crippen LogP contribution in [-0.2, 0) is 6.42 Å². The third kappa shape index (κ3) is 6.03. The number of hydrogen-bond acceptors (Lipinski definition) is 2. The van der Waals surface area contributed by atoms with Crippen molar-refractivity contribution >= 4 is 0 Å². The lowest BCUT2D eigenvalue weighted by molar-refractivity contribution is 0.110. The van der Waals surface area contributed by atoms with E-state index in [2.05, 4.69) is 38.1 Å². The van der Waals surface area contributed by atoms with E-state index in [1.807, 2.05) is 19.1 Å². The molecule has 0 spiro atoms.